The molecule has 0 bridgehead atoms. The van der Waals surface area contributed by atoms with Crippen LogP contribution in [0, 0.1) is 0 Å². The van der Waals surface area contributed by atoms with Gasteiger partial charge in [-0.15, -0.1) is 37.2 Å². The highest BCUT2D eigenvalue weighted by atomic mass is 35.5. The van der Waals surface area contributed by atoms with Crippen molar-refractivity contribution in [2.45, 2.75) is 18.0 Å². The Labute approximate surface area is 212 Å². The van der Waals surface area contributed by atoms with E-state index in [1.54, 1.807) is 18.9 Å². The minimum Gasteiger partial charge on any atom is -0.497 e. The predicted octanol–water partition coefficient (Wildman–Crippen LogP) is 1.24. The van der Waals surface area contributed by atoms with Crippen LogP contribution in [0.15, 0.2) is 29.4 Å². The maximum atomic E-state index is 6.16. The number of nitrogens with zero attached hydrogens (tertiary/aromatic N) is 3. The van der Waals surface area contributed by atoms with Crippen molar-refractivity contribution in [3.05, 3.63) is 35.4 Å². The first-order valence-electron chi connectivity index (χ1n) is 9.26. The first kappa shape index (κ1) is 35.4. The van der Waals surface area contributed by atoms with Crippen molar-refractivity contribution in [1.29, 1.82) is 0 Å². The first-order valence-corrected chi connectivity index (χ1v) is 10.2. The molecular formula is C19H35Cl3N6O3S. The van der Waals surface area contributed by atoms with E-state index in [1.807, 2.05) is 24.3 Å². The van der Waals surface area contributed by atoms with E-state index in [0.717, 1.165) is 61.8 Å². The van der Waals surface area contributed by atoms with Crippen LogP contribution in [0.1, 0.15) is 17.5 Å². The molecule has 1 aromatic heterocycles. The van der Waals surface area contributed by atoms with E-state index in [9.17, 15) is 0 Å². The van der Waals surface area contributed by atoms with Gasteiger partial charge in [-0.05, 0) is 30.7 Å². The van der Waals surface area contributed by atoms with Crippen LogP contribution < -0.4 is 21.5 Å². The molecule has 9 N–H and O–H groups in total. The van der Waals surface area contributed by atoms with Crippen LogP contribution in [0.5, 0.6) is 5.75 Å². The molecule has 0 spiro atoms. The van der Waals surface area contributed by atoms with E-state index in [1.165, 1.54) is 0 Å². The number of anilines is 2. The fourth-order valence-corrected chi connectivity index (χ4v) is 3.86. The predicted molar refractivity (Wildman–Crippen MR) is 140 cm³/mol. The summed E-state index contributed by atoms with van der Waals surface area (Å²) in [6.45, 7) is 5.52. The lowest BCUT2D eigenvalue weighted by Gasteiger charge is -2.26. The number of nitrogens with one attached hydrogen (secondary N) is 1. The van der Waals surface area contributed by atoms with Crippen LogP contribution in [0.3, 0.4) is 0 Å². The molecule has 0 amide bonds. The number of rotatable bonds is 8. The van der Waals surface area contributed by atoms with E-state index in [0.29, 0.717) is 23.2 Å². The number of thioether (sulfide) groups is 1. The summed E-state index contributed by atoms with van der Waals surface area (Å²) in [6, 6.07) is 7.84. The highest BCUT2D eigenvalue weighted by Gasteiger charge is 2.12. The standard InChI is InChI=1S/C19H28N6OS.3ClH.2H2O/c1-26-15-5-3-14(4-6-15)13-16-17(20)23-19(24-18(16)21)27-12-2-9-25-10-7-22-8-11-25;;;;;/h3-6,22H,2,7-13H2,1H3,(H4,20,21,23,24);3*1H;2*1H2. The topological polar surface area (TPSA) is 165 Å². The van der Waals surface area contributed by atoms with Crippen LogP contribution in [0.4, 0.5) is 11.6 Å². The molecule has 3 rings (SSSR count). The van der Waals surface area contributed by atoms with E-state index in [-0.39, 0.29) is 48.2 Å². The number of halogens is 3. The summed E-state index contributed by atoms with van der Waals surface area (Å²) in [5.41, 5.74) is 14.2. The average molecular weight is 534 g/mol. The van der Waals surface area contributed by atoms with Crippen LogP contribution >= 0.6 is 49.0 Å². The van der Waals surface area contributed by atoms with Gasteiger partial charge in [0.2, 0.25) is 0 Å². The molecule has 1 fully saturated rings. The van der Waals surface area contributed by atoms with Gasteiger partial charge in [0.1, 0.15) is 17.4 Å². The molecule has 2 heterocycles. The van der Waals surface area contributed by atoms with E-state index in [4.69, 9.17) is 16.2 Å². The Kier molecular flexibility index (Phi) is 20.1. The van der Waals surface area contributed by atoms with Crippen molar-refractivity contribution in [3.63, 3.8) is 0 Å². The highest BCUT2D eigenvalue weighted by molar-refractivity contribution is 7.99. The van der Waals surface area contributed by atoms with E-state index < -0.39 is 0 Å². The molecule has 1 aliphatic heterocycles. The summed E-state index contributed by atoms with van der Waals surface area (Å²) in [6.07, 6.45) is 1.71. The molecule has 186 valence electrons. The molecular weight excluding hydrogens is 499 g/mol. The number of piperazine rings is 1. The zero-order valence-electron chi connectivity index (χ0n) is 18.0. The Morgan fingerprint density at radius 1 is 1.00 bits per heavy atom. The number of benzene rings is 1. The lowest BCUT2D eigenvalue weighted by Crippen LogP contribution is -2.43. The van der Waals surface area contributed by atoms with Crippen LogP contribution in [-0.2, 0) is 6.42 Å². The van der Waals surface area contributed by atoms with Crippen molar-refractivity contribution in [3.8, 4) is 5.75 Å². The van der Waals surface area contributed by atoms with Gasteiger partial charge < -0.3 is 37.4 Å². The second-order valence-electron chi connectivity index (χ2n) is 6.57. The molecule has 0 atom stereocenters. The first-order chi connectivity index (χ1) is 13.2. The number of methoxy groups -OCH3 is 1. The Morgan fingerprint density at radius 3 is 2.09 bits per heavy atom. The fraction of sp³-hybridized carbons (Fsp3) is 0.474. The Hall–Kier alpha value is -1.24. The largest absolute Gasteiger partial charge is 0.497 e. The van der Waals surface area contributed by atoms with E-state index in [2.05, 4.69) is 20.2 Å². The molecule has 2 aromatic rings. The van der Waals surface area contributed by atoms with Crippen molar-refractivity contribution in [1.82, 2.24) is 20.2 Å². The highest BCUT2D eigenvalue weighted by Crippen LogP contribution is 2.25. The SMILES string of the molecule is COc1ccc(Cc2c(N)nc(SCCCN3CCNCC3)nc2N)cc1.Cl.Cl.Cl.O.O. The molecule has 1 saturated heterocycles. The summed E-state index contributed by atoms with van der Waals surface area (Å²) in [5.74, 6) is 2.70. The Bertz CT molecular complexity index is 733. The normalized spacial score (nSPS) is 12.7. The molecule has 1 aromatic carbocycles. The number of nitrogen functional groups attached to an aromatic ring is 2. The van der Waals surface area contributed by atoms with Crippen molar-refractivity contribution < 1.29 is 15.7 Å². The van der Waals surface area contributed by atoms with Gasteiger partial charge in [0.15, 0.2) is 5.16 Å². The monoisotopic (exact) mass is 532 g/mol. The molecule has 9 nitrogen and oxygen atoms in total. The Morgan fingerprint density at radius 2 is 1.56 bits per heavy atom. The average Bonchev–Trinajstić information content (AvgIpc) is 2.69. The fourth-order valence-electron chi connectivity index (χ4n) is 3.08. The second kappa shape index (κ2) is 18.2. The van der Waals surface area contributed by atoms with Gasteiger partial charge in [0.05, 0.1) is 7.11 Å². The van der Waals surface area contributed by atoms with Gasteiger partial charge in [-0.2, -0.15) is 0 Å². The lowest BCUT2D eigenvalue weighted by molar-refractivity contribution is 0.242. The molecule has 13 heteroatoms. The van der Waals surface area contributed by atoms with Crippen LogP contribution in [-0.4, -0.2) is 71.4 Å². The molecule has 0 radical (unpaired) electrons. The third-order valence-corrected chi connectivity index (χ3v) is 5.58. The smallest absolute Gasteiger partial charge is 0.191 e. The van der Waals surface area contributed by atoms with Gasteiger partial charge in [-0.3, -0.25) is 0 Å². The summed E-state index contributed by atoms with van der Waals surface area (Å²) >= 11 is 1.62. The van der Waals surface area contributed by atoms with Crippen molar-refractivity contribution in [2.24, 2.45) is 0 Å². The number of aromatic nitrogens is 2. The summed E-state index contributed by atoms with van der Waals surface area (Å²) in [5, 5.41) is 4.03. The summed E-state index contributed by atoms with van der Waals surface area (Å²) in [4.78, 5) is 11.4. The summed E-state index contributed by atoms with van der Waals surface area (Å²) < 4.78 is 5.19. The molecule has 32 heavy (non-hydrogen) atoms. The minimum absolute atomic E-state index is 0. The molecule has 1 aliphatic rings. The van der Waals surface area contributed by atoms with Crippen LogP contribution in [0.2, 0.25) is 0 Å². The zero-order chi connectivity index (χ0) is 19.1. The maximum Gasteiger partial charge on any atom is 0.191 e. The summed E-state index contributed by atoms with van der Waals surface area (Å²) in [7, 11) is 1.65. The Balaban J connectivity index is -0.00000168. The van der Waals surface area contributed by atoms with Crippen LogP contribution in [0.25, 0.3) is 0 Å². The molecule has 0 saturated carbocycles. The third-order valence-electron chi connectivity index (χ3n) is 4.65. The van der Waals surface area contributed by atoms with Gasteiger partial charge in [0.25, 0.3) is 0 Å². The van der Waals surface area contributed by atoms with Crippen molar-refractivity contribution >= 4 is 60.6 Å². The van der Waals surface area contributed by atoms with Gasteiger partial charge in [-0.25, -0.2) is 9.97 Å². The van der Waals surface area contributed by atoms with Crippen molar-refractivity contribution in [2.75, 3.05) is 57.1 Å². The van der Waals surface area contributed by atoms with Gasteiger partial charge in [-0.1, -0.05) is 23.9 Å². The zero-order valence-corrected chi connectivity index (χ0v) is 21.3. The number of ether oxygens (including phenoxy) is 1. The minimum atomic E-state index is 0. The number of nitrogens with two attached hydrogens (primary N) is 2. The van der Waals surface area contributed by atoms with E-state index >= 15 is 0 Å². The van der Waals surface area contributed by atoms with Gasteiger partial charge >= 0.3 is 0 Å². The quantitative estimate of drug-likeness (QED) is 0.259. The lowest BCUT2D eigenvalue weighted by atomic mass is 10.1. The molecule has 0 aliphatic carbocycles. The maximum absolute atomic E-state index is 6.16. The van der Waals surface area contributed by atoms with Gasteiger partial charge in [0, 0.05) is 43.9 Å². The second-order valence-corrected chi connectivity index (χ2v) is 7.64. The number of hydrogen-bond donors (Lipinski definition) is 3. The molecule has 0 unspecified atom stereocenters. The number of hydrogen-bond acceptors (Lipinski definition) is 8. The third kappa shape index (κ3) is 10.6.